The van der Waals surface area contributed by atoms with Crippen molar-refractivity contribution in [2.24, 2.45) is 5.92 Å². The van der Waals surface area contributed by atoms with Crippen LogP contribution in [-0.2, 0) is 13.1 Å². The topological polar surface area (TPSA) is 47.7 Å². The molecule has 0 bridgehead atoms. The van der Waals surface area contributed by atoms with E-state index in [1.54, 1.807) is 0 Å². The molecule has 2 aromatic rings. The third-order valence-corrected chi connectivity index (χ3v) is 2.48. The summed E-state index contributed by atoms with van der Waals surface area (Å²) in [7, 11) is 0. The van der Waals surface area contributed by atoms with Crippen LogP contribution in [0.25, 0.3) is 0 Å². The van der Waals surface area contributed by atoms with Crippen LogP contribution in [-0.4, -0.2) is 19.3 Å². The number of nitrogens with one attached hydrogen (secondary N) is 1. The van der Waals surface area contributed by atoms with Crippen molar-refractivity contribution in [2.45, 2.75) is 33.9 Å². The second-order valence-electron chi connectivity index (χ2n) is 4.48. The highest BCUT2D eigenvalue weighted by molar-refractivity contribution is 5.47. The summed E-state index contributed by atoms with van der Waals surface area (Å²) in [4.78, 5) is 4.30. The van der Waals surface area contributed by atoms with Gasteiger partial charge in [0.25, 0.3) is 0 Å². The highest BCUT2D eigenvalue weighted by atomic mass is 15.3. The van der Waals surface area contributed by atoms with Gasteiger partial charge in [0.1, 0.15) is 0 Å². The summed E-state index contributed by atoms with van der Waals surface area (Å²) in [6, 6.07) is 1.96. The fourth-order valence-electron chi connectivity index (χ4n) is 1.69. The summed E-state index contributed by atoms with van der Waals surface area (Å²) in [5.74, 6) is 2.28. The van der Waals surface area contributed by atoms with Gasteiger partial charge >= 0.3 is 0 Å². The molecule has 0 spiro atoms. The lowest BCUT2D eigenvalue weighted by molar-refractivity contribution is 0.527. The number of rotatable bonds is 5. The zero-order valence-electron chi connectivity index (χ0n) is 10.6. The van der Waals surface area contributed by atoms with Crippen LogP contribution in [0.1, 0.15) is 20.8 Å². The van der Waals surface area contributed by atoms with Gasteiger partial charge < -0.3 is 9.88 Å². The van der Waals surface area contributed by atoms with Crippen molar-refractivity contribution in [3.8, 4) is 0 Å². The lowest BCUT2D eigenvalue weighted by atomic mass is 10.2. The Kier molecular flexibility index (Phi) is 3.46. The quantitative estimate of drug-likeness (QED) is 0.863. The minimum absolute atomic E-state index is 0.595. The molecule has 0 fully saturated rings. The van der Waals surface area contributed by atoms with E-state index in [1.807, 2.05) is 29.3 Å². The normalized spacial score (nSPS) is 11.1. The highest BCUT2D eigenvalue weighted by Crippen LogP contribution is 2.14. The van der Waals surface area contributed by atoms with Crippen molar-refractivity contribution >= 4 is 11.8 Å². The molecular formula is C12H19N5. The first-order valence-corrected chi connectivity index (χ1v) is 6.00. The second-order valence-corrected chi connectivity index (χ2v) is 4.48. The summed E-state index contributed by atoms with van der Waals surface area (Å²) in [6.45, 7) is 8.28. The van der Waals surface area contributed by atoms with Gasteiger partial charge in [-0.3, -0.25) is 4.68 Å². The van der Waals surface area contributed by atoms with Gasteiger partial charge in [0.2, 0.25) is 5.95 Å². The molecule has 0 saturated heterocycles. The average molecular weight is 233 g/mol. The molecule has 17 heavy (non-hydrogen) atoms. The third kappa shape index (κ3) is 2.87. The third-order valence-electron chi connectivity index (χ3n) is 2.48. The van der Waals surface area contributed by atoms with Crippen LogP contribution in [0.15, 0.2) is 24.7 Å². The summed E-state index contributed by atoms with van der Waals surface area (Å²) < 4.78 is 3.99. The van der Waals surface area contributed by atoms with Crippen LogP contribution in [0.4, 0.5) is 11.8 Å². The van der Waals surface area contributed by atoms with Crippen molar-refractivity contribution in [2.75, 3.05) is 5.32 Å². The second kappa shape index (κ2) is 5.03. The van der Waals surface area contributed by atoms with Crippen LogP contribution >= 0.6 is 0 Å². The van der Waals surface area contributed by atoms with Gasteiger partial charge in [-0.15, -0.1) is 0 Å². The van der Waals surface area contributed by atoms with Gasteiger partial charge in [-0.25, -0.2) is 4.98 Å². The van der Waals surface area contributed by atoms with Crippen LogP contribution in [0.2, 0.25) is 0 Å². The summed E-state index contributed by atoms with van der Waals surface area (Å²) in [5.41, 5.74) is 0. The maximum Gasteiger partial charge on any atom is 0.208 e. The monoisotopic (exact) mass is 233 g/mol. The van der Waals surface area contributed by atoms with Gasteiger partial charge in [0.15, 0.2) is 5.82 Å². The lowest BCUT2D eigenvalue weighted by Gasteiger charge is -2.10. The highest BCUT2D eigenvalue weighted by Gasteiger charge is 2.06. The molecule has 5 nitrogen and oxygen atoms in total. The fraction of sp³-hybridized carbons (Fsp3) is 0.500. The predicted molar refractivity (Wildman–Crippen MR) is 68.2 cm³/mol. The maximum absolute atomic E-state index is 4.38. The molecule has 0 aliphatic carbocycles. The SMILES string of the molecule is CCn1ccc(Nc2nccn2CC(C)C)n1. The first-order chi connectivity index (χ1) is 8.19. The van der Waals surface area contributed by atoms with Gasteiger partial charge in [-0.05, 0) is 12.8 Å². The average Bonchev–Trinajstić information content (AvgIpc) is 2.89. The van der Waals surface area contributed by atoms with Gasteiger partial charge in [0.05, 0.1) is 0 Å². The molecule has 0 atom stereocenters. The number of nitrogens with zero attached hydrogens (tertiary/aromatic N) is 4. The zero-order chi connectivity index (χ0) is 12.3. The standard InChI is InChI=1S/C12H19N5/c1-4-17-7-5-11(15-17)14-12-13-6-8-16(12)9-10(2)3/h5-8,10H,4,9H2,1-3H3,(H,13,14,15). The van der Waals surface area contributed by atoms with Crippen molar-refractivity contribution in [3.05, 3.63) is 24.7 Å². The number of anilines is 2. The number of hydrogen-bond donors (Lipinski definition) is 1. The molecule has 0 aliphatic heterocycles. The van der Waals surface area contributed by atoms with Gasteiger partial charge in [-0.2, -0.15) is 5.10 Å². The first-order valence-electron chi connectivity index (χ1n) is 6.00. The molecule has 1 N–H and O–H groups in total. The Morgan fingerprint density at radius 3 is 2.82 bits per heavy atom. The van der Waals surface area contributed by atoms with E-state index in [4.69, 9.17) is 0 Å². The Morgan fingerprint density at radius 2 is 2.18 bits per heavy atom. The number of aryl methyl sites for hydroxylation is 1. The van der Waals surface area contributed by atoms with E-state index in [0.29, 0.717) is 5.92 Å². The lowest BCUT2D eigenvalue weighted by Crippen LogP contribution is -2.08. The molecule has 0 unspecified atom stereocenters. The van der Waals surface area contributed by atoms with E-state index in [9.17, 15) is 0 Å². The van der Waals surface area contributed by atoms with E-state index in [0.717, 1.165) is 24.9 Å². The minimum atomic E-state index is 0.595. The van der Waals surface area contributed by atoms with Crippen LogP contribution < -0.4 is 5.32 Å². The van der Waals surface area contributed by atoms with Crippen LogP contribution in [0.3, 0.4) is 0 Å². The number of aromatic nitrogens is 4. The molecule has 0 saturated carbocycles. The zero-order valence-corrected chi connectivity index (χ0v) is 10.6. The summed E-state index contributed by atoms with van der Waals surface area (Å²) >= 11 is 0. The van der Waals surface area contributed by atoms with E-state index in [1.165, 1.54) is 0 Å². The Labute approximate surface area is 101 Å². The maximum atomic E-state index is 4.38. The smallest absolute Gasteiger partial charge is 0.208 e. The molecule has 0 radical (unpaired) electrons. The Balaban J connectivity index is 2.10. The van der Waals surface area contributed by atoms with E-state index in [2.05, 4.69) is 40.7 Å². The molecule has 92 valence electrons. The fourth-order valence-corrected chi connectivity index (χ4v) is 1.69. The van der Waals surface area contributed by atoms with Gasteiger partial charge in [-0.1, -0.05) is 13.8 Å². The first kappa shape index (κ1) is 11.7. The summed E-state index contributed by atoms with van der Waals surface area (Å²) in [6.07, 6.45) is 5.75. The van der Waals surface area contributed by atoms with Crippen LogP contribution in [0, 0.1) is 5.92 Å². The van der Waals surface area contributed by atoms with Crippen molar-refractivity contribution < 1.29 is 0 Å². The summed E-state index contributed by atoms with van der Waals surface area (Å²) in [5, 5.41) is 7.61. The number of imidazole rings is 1. The van der Waals surface area contributed by atoms with Gasteiger partial charge in [0, 0.05) is 37.7 Å². The largest absolute Gasteiger partial charge is 0.317 e. The molecular weight excluding hydrogens is 214 g/mol. The molecule has 0 amide bonds. The Bertz CT molecular complexity index is 469. The van der Waals surface area contributed by atoms with Crippen LogP contribution in [0.5, 0.6) is 0 Å². The molecule has 5 heteroatoms. The van der Waals surface area contributed by atoms with E-state index < -0.39 is 0 Å². The van der Waals surface area contributed by atoms with Crippen molar-refractivity contribution in [1.82, 2.24) is 19.3 Å². The number of hydrogen-bond acceptors (Lipinski definition) is 3. The Morgan fingerprint density at radius 1 is 1.35 bits per heavy atom. The molecule has 2 rings (SSSR count). The van der Waals surface area contributed by atoms with Crippen molar-refractivity contribution in [1.29, 1.82) is 0 Å². The predicted octanol–water partition coefficient (Wildman–Crippen LogP) is 2.50. The van der Waals surface area contributed by atoms with Crippen molar-refractivity contribution in [3.63, 3.8) is 0 Å². The molecule has 0 aliphatic rings. The van der Waals surface area contributed by atoms with E-state index in [-0.39, 0.29) is 0 Å². The molecule has 2 heterocycles. The Hall–Kier alpha value is -1.78. The van der Waals surface area contributed by atoms with E-state index >= 15 is 0 Å². The minimum Gasteiger partial charge on any atom is -0.317 e. The molecule has 0 aromatic carbocycles. The molecule has 2 aromatic heterocycles.